The summed E-state index contributed by atoms with van der Waals surface area (Å²) in [5, 5.41) is 2.77. The first kappa shape index (κ1) is 15.2. The van der Waals surface area contributed by atoms with Crippen molar-refractivity contribution >= 4 is 5.91 Å². The highest BCUT2D eigenvalue weighted by Crippen LogP contribution is 2.06. The second-order valence-corrected chi connectivity index (χ2v) is 4.96. The SMILES string of the molecule is CCCCc1ccc(C(=O)NCc2ccc(F)cc2)nc1. The van der Waals surface area contributed by atoms with Crippen molar-refractivity contribution < 1.29 is 9.18 Å². The van der Waals surface area contributed by atoms with Gasteiger partial charge in [0.25, 0.3) is 5.91 Å². The lowest BCUT2D eigenvalue weighted by Crippen LogP contribution is -2.23. The van der Waals surface area contributed by atoms with Crippen molar-refractivity contribution in [1.29, 1.82) is 0 Å². The lowest BCUT2D eigenvalue weighted by Gasteiger charge is -2.06. The first-order valence-corrected chi connectivity index (χ1v) is 7.16. The number of amides is 1. The minimum atomic E-state index is -0.283. The second-order valence-electron chi connectivity index (χ2n) is 4.96. The fraction of sp³-hybridized carbons (Fsp3) is 0.294. The molecule has 21 heavy (non-hydrogen) atoms. The summed E-state index contributed by atoms with van der Waals surface area (Å²) in [5.41, 5.74) is 2.40. The summed E-state index contributed by atoms with van der Waals surface area (Å²) >= 11 is 0. The molecular weight excluding hydrogens is 267 g/mol. The number of pyridine rings is 1. The molecule has 0 aliphatic carbocycles. The Kier molecular flexibility index (Phi) is 5.43. The van der Waals surface area contributed by atoms with Crippen LogP contribution in [0.1, 0.15) is 41.4 Å². The van der Waals surface area contributed by atoms with E-state index in [2.05, 4.69) is 17.2 Å². The third-order valence-corrected chi connectivity index (χ3v) is 3.24. The summed E-state index contributed by atoms with van der Waals surface area (Å²) in [7, 11) is 0. The Morgan fingerprint density at radius 2 is 1.86 bits per heavy atom. The summed E-state index contributed by atoms with van der Waals surface area (Å²) in [4.78, 5) is 16.1. The highest BCUT2D eigenvalue weighted by Gasteiger charge is 2.06. The Morgan fingerprint density at radius 3 is 2.48 bits per heavy atom. The number of halogens is 1. The topological polar surface area (TPSA) is 42.0 Å². The van der Waals surface area contributed by atoms with E-state index >= 15 is 0 Å². The first-order chi connectivity index (χ1) is 10.2. The van der Waals surface area contributed by atoms with Gasteiger partial charge in [-0.1, -0.05) is 31.5 Å². The summed E-state index contributed by atoms with van der Waals surface area (Å²) < 4.78 is 12.8. The van der Waals surface area contributed by atoms with Crippen LogP contribution in [0.25, 0.3) is 0 Å². The summed E-state index contributed by atoms with van der Waals surface area (Å²) in [6.07, 6.45) is 5.00. The van der Waals surface area contributed by atoms with Gasteiger partial charge in [-0.25, -0.2) is 4.39 Å². The number of carbonyl (C=O) groups excluding carboxylic acids is 1. The molecule has 0 saturated carbocycles. The first-order valence-electron chi connectivity index (χ1n) is 7.16. The van der Waals surface area contributed by atoms with Crippen molar-refractivity contribution in [3.05, 3.63) is 65.2 Å². The van der Waals surface area contributed by atoms with Crippen LogP contribution in [0.3, 0.4) is 0 Å². The fourth-order valence-corrected chi connectivity index (χ4v) is 1.96. The largest absolute Gasteiger partial charge is 0.347 e. The van der Waals surface area contributed by atoms with E-state index in [0.29, 0.717) is 12.2 Å². The average Bonchev–Trinajstić information content (AvgIpc) is 2.52. The van der Waals surface area contributed by atoms with Gasteiger partial charge in [-0.3, -0.25) is 9.78 Å². The molecule has 0 bridgehead atoms. The molecule has 3 nitrogen and oxygen atoms in total. The molecule has 2 aromatic rings. The monoisotopic (exact) mass is 286 g/mol. The van der Waals surface area contributed by atoms with E-state index in [-0.39, 0.29) is 11.7 Å². The van der Waals surface area contributed by atoms with Gasteiger partial charge in [0.1, 0.15) is 11.5 Å². The molecule has 1 N–H and O–H groups in total. The van der Waals surface area contributed by atoms with Crippen molar-refractivity contribution in [2.75, 3.05) is 0 Å². The van der Waals surface area contributed by atoms with E-state index in [1.807, 2.05) is 6.07 Å². The molecule has 0 saturated heterocycles. The van der Waals surface area contributed by atoms with Crippen LogP contribution in [0, 0.1) is 5.82 Å². The standard InChI is InChI=1S/C17H19FN2O/c1-2-3-4-13-7-10-16(19-11-13)17(21)20-12-14-5-8-15(18)9-6-14/h5-11H,2-4,12H2,1H3,(H,20,21). The summed E-state index contributed by atoms with van der Waals surface area (Å²) in [6, 6.07) is 9.73. The molecule has 0 unspecified atom stereocenters. The molecule has 0 atom stereocenters. The number of hydrogen-bond donors (Lipinski definition) is 1. The van der Waals surface area contributed by atoms with Gasteiger partial charge in [0.05, 0.1) is 0 Å². The molecule has 2 rings (SSSR count). The van der Waals surface area contributed by atoms with Gasteiger partial charge in [-0.15, -0.1) is 0 Å². The highest BCUT2D eigenvalue weighted by atomic mass is 19.1. The third-order valence-electron chi connectivity index (χ3n) is 3.24. The van der Waals surface area contributed by atoms with E-state index in [4.69, 9.17) is 0 Å². The summed E-state index contributed by atoms with van der Waals surface area (Å²) in [6.45, 7) is 2.50. The molecule has 0 radical (unpaired) electrons. The van der Waals surface area contributed by atoms with Crippen LogP contribution in [0.15, 0.2) is 42.6 Å². The van der Waals surface area contributed by atoms with Gasteiger partial charge in [-0.05, 0) is 42.2 Å². The average molecular weight is 286 g/mol. The Balaban J connectivity index is 1.89. The number of aryl methyl sites for hydroxylation is 1. The van der Waals surface area contributed by atoms with E-state index in [1.54, 1.807) is 24.4 Å². The Hall–Kier alpha value is -2.23. The van der Waals surface area contributed by atoms with Crippen molar-refractivity contribution in [2.45, 2.75) is 32.7 Å². The molecule has 0 fully saturated rings. The van der Waals surface area contributed by atoms with E-state index in [1.165, 1.54) is 12.1 Å². The maximum absolute atomic E-state index is 12.8. The normalized spacial score (nSPS) is 10.4. The predicted octanol–water partition coefficient (Wildman–Crippen LogP) is 3.49. The van der Waals surface area contributed by atoms with Crippen molar-refractivity contribution in [3.63, 3.8) is 0 Å². The second kappa shape index (κ2) is 7.53. The predicted molar refractivity (Wildman–Crippen MR) is 80.4 cm³/mol. The van der Waals surface area contributed by atoms with Crippen LogP contribution in [0.2, 0.25) is 0 Å². The van der Waals surface area contributed by atoms with Crippen molar-refractivity contribution in [1.82, 2.24) is 10.3 Å². The number of carbonyl (C=O) groups is 1. The van der Waals surface area contributed by atoms with Gasteiger partial charge >= 0.3 is 0 Å². The number of nitrogens with one attached hydrogen (secondary N) is 1. The number of unbranched alkanes of at least 4 members (excludes halogenated alkanes) is 1. The van der Waals surface area contributed by atoms with Gasteiger partial charge in [0, 0.05) is 12.7 Å². The minimum Gasteiger partial charge on any atom is -0.347 e. The zero-order valence-electron chi connectivity index (χ0n) is 12.1. The van der Waals surface area contributed by atoms with Crippen LogP contribution >= 0.6 is 0 Å². The van der Waals surface area contributed by atoms with Crippen LogP contribution in [-0.4, -0.2) is 10.9 Å². The fourth-order valence-electron chi connectivity index (χ4n) is 1.96. The lowest BCUT2D eigenvalue weighted by molar-refractivity contribution is 0.0946. The van der Waals surface area contributed by atoms with Gasteiger partial charge in [-0.2, -0.15) is 0 Å². The van der Waals surface area contributed by atoms with Crippen molar-refractivity contribution in [3.8, 4) is 0 Å². The minimum absolute atomic E-state index is 0.221. The molecule has 0 spiro atoms. The Labute approximate surface area is 124 Å². The maximum Gasteiger partial charge on any atom is 0.270 e. The molecule has 110 valence electrons. The Morgan fingerprint density at radius 1 is 1.14 bits per heavy atom. The number of rotatable bonds is 6. The highest BCUT2D eigenvalue weighted by molar-refractivity contribution is 5.92. The quantitative estimate of drug-likeness (QED) is 0.883. The molecular formula is C17H19FN2O. The lowest BCUT2D eigenvalue weighted by atomic mass is 10.1. The molecule has 0 aliphatic rings. The molecule has 4 heteroatoms. The van der Waals surface area contributed by atoms with E-state index < -0.39 is 0 Å². The smallest absolute Gasteiger partial charge is 0.270 e. The molecule has 1 aromatic carbocycles. The molecule has 1 amide bonds. The van der Waals surface area contributed by atoms with Crippen molar-refractivity contribution in [2.24, 2.45) is 0 Å². The molecule has 0 aliphatic heterocycles. The molecule has 1 aromatic heterocycles. The number of nitrogens with zero attached hydrogens (tertiary/aromatic N) is 1. The van der Waals surface area contributed by atoms with Crippen LogP contribution in [0.5, 0.6) is 0 Å². The molecule has 1 heterocycles. The zero-order valence-corrected chi connectivity index (χ0v) is 12.1. The maximum atomic E-state index is 12.8. The van der Waals surface area contributed by atoms with Crippen LogP contribution in [-0.2, 0) is 13.0 Å². The zero-order chi connectivity index (χ0) is 15.1. The Bertz CT molecular complexity index is 579. The van der Waals surface area contributed by atoms with Crippen LogP contribution in [0.4, 0.5) is 4.39 Å². The van der Waals surface area contributed by atoms with E-state index in [9.17, 15) is 9.18 Å². The van der Waals surface area contributed by atoms with Gasteiger partial charge < -0.3 is 5.32 Å². The summed E-state index contributed by atoms with van der Waals surface area (Å²) in [5.74, 6) is -0.504. The third kappa shape index (κ3) is 4.67. The van der Waals surface area contributed by atoms with E-state index in [0.717, 1.165) is 30.4 Å². The number of hydrogen-bond acceptors (Lipinski definition) is 2. The number of aromatic nitrogens is 1. The van der Waals surface area contributed by atoms with Gasteiger partial charge in [0.15, 0.2) is 0 Å². The number of benzene rings is 1. The van der Waals surface area contributed by atoms with Gasteiger partial charge in [0.2, 0.25) is 0 Å². The van der Waals surface area contributed by atoms with Crippen LogP contribution < -0.4 is 5.32 Å².